The van der Waals surface area contributed by atoms with Crippen LogP contribution in [0.4, 0.5) is 5.69 Å². The molecule has 0 aromatic carbocycles. The topological polar surface area (TPSA) is 24.9 Å². The number of pyridine rings is 1. The van der Waals surface area contributed by atoms with Gasteiger partial charge in [0.2, 0.25) is 0 Å². The van der Waals surface area contributed by atoms with Crippen LogP contribution < -0.4 is 5.32 Å². The maximum Gasteiger partial charge on any atom is 0.0602 e. The highest BCUT2D eigenvalue weighted by molar-refractivity contribution is 5.68. The summed E-state index contributed by atoms with van der Waals surface area (Å²) in [5.41, 5.74) is 2.35. The minimum absolute atomic E-state index is 0.915. The summed E-state index contributed by atoms with van der Waals surface area (Å²) in [6.45, 7) is 0.915. The molecule has 1 aromatic rings. The van der Waals surface area contributed by atoms with Crippen molar-refractivity contribution in [3.8, 4) is 0 Å². The quantitative estimate of drug-likeness (QED) is 0.579. The fraction of sp³-hybridized carbons (Fsp3) is 0.125. The third kappa shape index (κ3) is 0.778. The Kier molecular flexibility index (Phi) is 1.17. The molecule has 0 atom stereocenters. The first kappa shape index (κ1) is 5.47. The molecule has 2 heterocycles. The minimum atomic E-state index is 0.915. The van der Waals surface area contributed by atoms with E-state index in [1.807, 2.05) is 12.3 Å². The summed E-state index contributed by atoms with van der Waals surface area (Å²) < 4.78 is 0. The van der Waals surface area contributed by atoms with Crippen molar-refractivity contribution in [3.05, 3.63) is 30.1 Å². The number of rotatable bonds is 0. The molecule has 2 nitrogen and oxygen atoms in total. The summed E-state index contributed by atoms with van der Waals surface area (Å²) in [7, 11) is 0. The third-order valence-corrected chi connectivity index (χ3v) is 1.56. The normalized spacial score (nSPS) is 14.0. The first-order valence-electron chi connectivity index (χ1n) is 3.31. The van der Waals surface area contributed by atoms with Gasteiger partial charge in [-0.05, 0) is 6.07 Å². The van der Waals surface area contributed by atoms with Crippen LogP contribution in [0.5, 0.6) is 0 Å². The molecule has 0 spiro atoms. The van der Waals surface area contributed by atoms with Gasteiger partial charge in [-0.2, -0.15) is 0 Å². The summed E-state index contributed by atoms with van der Waals surface area (Å²) in [4.78, 5) is 4.00. The standard InChI is InChI=1S/C8H8N2/c1-2-7-3-5-9-6-8(7)10-4-1/h1-3,5-6,10H,4H2. The molecule has 0 fully saturated rings. The predicted octanol–water partition coefficient (Wildman–Crippen LogP) is 1.52. The van der Waals surface area contributed by atoms with Crippen LogP contribution in [0.1, 0.15) is 5.56 Å². The lowest BCUT2D eigenvalue weighted by molar-refractivity contribution is 1.24. The highest BCUT2D eigenvalue weighted by Gasteiger charge is 1.99. The average Bonchev–Trinajstić information content (AvgIpc) is 2.05. The van der Waals surface area contributed by atoms with Crippen molar-refractivity contribution in [2.45, 2.75) is 0 Å². The summed E-state index contributed by atoms with van der Waals surface area (Å²) in [6, 6.07) is 2.00. The van der Waals surface area contributed by atoms with Crippen LogP contribution in [-0.4, -0.2) is 11.5 Å². The zero-order chi connectivity index (χ0) is 6.81. The van der Waals surface area contributed by atoms with Gasteiger partial charge < -0.3 is 5.32 Å². The van der Waals surface area contributed by atoms with Crippen LogP contribution in [0.2, 0.25) is 0 Å². The molecule has 0 saturated carbocycles. The number of hydrogen-bond donors (Lipinski definition) is 1. The molecule has 1 aliphatic rings. The Balaban J connectivity index is 2.54. The maximum absolute atomic E-state index is 4.00. The molecule has 0 unspecified atom stereocenters. The summed E-state index contributed by atoms with van der Waals surface area (Å²) in [5.74, 6) is 0. The SMILES string of the molecule is C1=Cc2ccncc2NC1. The van der Waals surface area contributed by atoms with Gasteiger partial charge in [0, 0.05) is 18.3 Å². The van der Waals surface area contributed by atoms with Crippen LogP contribution in [-0.2, 0) is 0 Å². The number of aromatic nitrogens is 1. The van der Waals surface area contributed by atoms with Gasteiger partial charge in [0.1, 0.15) is 0 Å². The van der Waals surface area contributed by atoms with E-state index in [4.69, 9.17) is 0 Å². The molecular weight excluding hydrogens is 124 g/mol. The lowest BCUT2D eigenvalue weighted by Gasteiger charge is -2.10. The van der Waals surface area contributed by atoms with Gasteiger partial charge >= 0.3 is 0 Å². The monoisotopic (exact) mass is 132 g/mol. The second kappa shape index (κ2) is 2.14. The average molecular weight is 132 g/mol. The number of anilines is 1. The third-order valence-electron chi connectivity index (χ3n) is 1.56. The molecule has 0 aliphatic carbocycles. The lowest BCUT2D eigenvalue weighted by Crippen LogP contribution is -2.03. The fourth-order valence-corrected chi connectivity index (χ4v) is 1.05. The van der Waals surface area contributed by atoms with E-state index in [1.54, 1.807) is 6.20 Å². The van der Waals surface area contributed by atoms with Crippen LogP contribution in [0.25, 0.3) is 6.08 Å². The highest BCUT2D eigenvalue weighted by atomic mass is 14.9. The molecule has 2 rings (SSSR count). The summed E-state index contributed by atoms with van der Waals surface area (Å²) in [6.07, 6.45) is 7.85. The second-order valence-corrected chi connectivity index (χ2v) is 2.25. The second-order valence-electron chi connectivity index (χ2n) is 2.25. The van der Waals surface area contributed by atoms with Crippen molar-refractivity contribution >= 4 is 11.8 Å². The van der Waals surface area contributed by atoms with Gasteiger partial charge in [-0.1, -0.05) is 12.2 Å². The number of nitrogens with one attached hydrogen (secondary N) is 1. The van der Waals surface area contributed by atoms with Crippen molar-refractivity contribution in [1.29, 1.82) is 0 Å². The Morgan fingerprint density at radius 3 is 3.40 bits per heavy atom. The Morgan fingerprint density at radius 1 is 1.50 bits per heavy atom. The predicted molar refractivity (Wildman–Crippen MR) is 41.8 cm³/mol. The molecular formula is C8H8N2. The molecule has 0 bridgehead atoms. The zero-order valence-corrected chi connectivity index (χ0v) is 5.54. The van der Waals surface area contributed by atoms with E-state index >= 15 is 0 Å². The molecule has 1 aromatic heterocycles. The molecule has 1 N–H and O–H groups in total. The number of hydrogen-bond acceptors (Lipinski definition) is 2. The van der Waals surface area contributed by atoms with Crippen molar-refractivity contribution in [2.75, 3.05) is 11.9 Å². The van der Waals surface area contributed by atoms with E-state index in [2.05, 4.69) is 22.5 Å². The van der Waals surface area contributed by atoms with E-state index < -0.39 is 0 Å². The largest absolute Gasteiger partial charge is 0.380 e. The molecule has 0 amide bonds. The number of nitrogens with zero attached hydrogens (tertiary/aromatic N) is 1. The Labute approximate surface area is 59.6 Å². The molecule has 0 radical (unpaired) electrons. The van der Waals surface area contributed by atoms with Crippen LogP contribution >= 0.6 is 0 Å². The van der Waals surface area contributed by atoms with Gasteiger partial charge in [-0.15, -0.1) is 0 Å². The smallest absolute Gasteiger partial charge is 0.0602 e. The molecule has 10 heavy (non-hydrogen) atoms. The fourth-order valence-electron chi connectivity index (χ4n) is 1.05. The first-order chi connectivity index (χ1) is 4.97. The van der Waals surface area contributed by atoms with Crippen LogP contribution in [0.3, 0.4) is 0 Å². The van der Waals surface area contributed by atoms with Crippen LogP contribution in [0, 0.1) is 0 Å². The molecule has 0 saturated heterocycles. The van der Waals surface area contributed by atoms with Crippen molar-refractivity contribution in [2.24, 2.45) is 0 Å². The van der Waals surface area contributed by atoms with Crippen LogP contribution in [0.15, 0.2) is 24.5 Å². The summed E-state index contributed by atoms with van der Waals surface area (Å²) in [5, 5.41) is 3.21. The summed E-state index contributed by atoms with van der Waals surface area (Å²) >= 11 is 0. The van der Waals surface area contributed by atoms with Crippen molar-refractivity contribution < 1.29 is 0 Å². The van der Waals surface area contributed by atoms with E-state index in [0.29, 0.717) is 0 Å². The van der Waals surface area contributed by atoms with Gasteiger partial charge in [-0.3, -0.25) is 4.98 Å². The zero-order valence-electron chi connectivity index (χ0n) is 5.54. The first-order valence-corrected chi connectivity index (χ1v) is 3.31. The Morgan fingerprint density at radius 2 is 2.50 bits per heavy atom. The van der Waals surface area contributed by atoms with Gasteiger partial charge in [0.25, 0.3) is 0 Å². The van der Waals surface area contributed by atoms with E-state index in [1.165, 1.54) is 5.56 Å². The Hall–Kier alpha value is -1.31. The maximum atomic E-state index is 4.00. The lowest BCUT2D eigenvalue weighted by atomic mass is 10.2. The van der Waals surface area contributed by atoms with E-state index in [9.17, 15) is 0 Å². The van der Waals surface area contributed by atoms with Gasteiger partial charge in [0.15, 0.2) is 0 Å². The van der Waals surface area contributed by atoms with Gasteiger partial charge in [-0.25, -0.2) is 0 Å². The van der Waals surface area contributed by atoms with Crippen molar-refractivity contribution in [3.63, 3.8) is 0 Å². The van der Waals surface area contributed by atoms with Crippen molar-refractivity contribution in [1.82, 2.24) is 4.98 Å². The highest BCUT2D eigenvalue weighted by Crippen LogP contribution is 2.17. The molecule has 2 heteroatoms. The van der Waals surface area contributed by atoms with Gasteiger partial charge in [0.05, 0.1) is 11.9 Å². The minimum Gasteiger partial charge on any atom is -0.380 e. The number of fused-ring (bicyclic) bond motifs is 1. The van der Waals surface area contributed by atoms with E-state index in [-0.39, 0.29) is 0 Å². The Bertz CT molecular complexity index is 266. The van der Waals surface area contributed by atoms with E-state index in [0.717, 1.165) is 12.2 Å². The molecule has 1 aliphatic heterocycles. The molecule has 50 valence electrons.